The number of nitro groups is 1. The van der Waals surface area contributed by atoms with Gasteiger partial charge in [-0.1, -0.05) is 63.6 Å². The van der Waals surface area contributed by atoms with Gasteiger partial charge in [-0.3, -0.25) is 10.1 Å². The van der Waals surface area contributed by atoms with Crippen LogP contribution in [0.25, 0.3) is 0 Å². The molecule has 0 bridgehead atoms. The molecule has 0 saturated carbocycles. The Bertz CT molecular complexity index is 730. The lowest BCUT2D eigenvalue weighted by Gasteiger charge is -2.51. The monoisotopic (exact) mass is 373 g/mol. The summed E-state index contributed by atoms with van der Waals surface area (Å²) >= 11 is 6.13. The van der Waals surface area contributed by atoms with Crippen molar-refractivity contribution in [3.63, 3.8) is 0 Å². The first-order chi connectivity index (χ1) is 12.4. The van der Waals surface area contributed by atoms with Gasteiger partial charge in [-0.05, 0) is 48.9 Å². The fourth-order valence-electron chi connectivity index (χ4n) is 4.89. The van der Waals surface area contributed by atoms with Gasteiger partial charge < -0.3 is 0 Å². The van der Waals surface area contributed by atoms with Crippen LogP contribution in [0.1, 0.15) is 64.5 Å². The summed E-state index contributed by atoms with van der Waals surface area (Å²) in [6, 6.07) is 15.4. The summed E-state index contributed by atoms with van der Waals surface area (Å²) in [6.07, 6.45) is 3.91. The highest BCUT2D eigenvalue weighted by atomic mass is 35.5. The van der Waals surface area contributed by atoms with E-state index in [1.165, 1.54) is 11.1 Å². The lowest BCUT2D eigenvalue weighted by molar-refractivity contribution is -0.384. The van der Waals surface area contributed by atoms with Gasteiger partial charge in [-0.25, -0.2) is 0 Å². The van der Waals surface area contributed by atoms with Crippen molar-refractivity contribution in [2.24, 2.45) is 0 Å². The predicted octanol–water partition coefficient (Wildman–Crippen LogP) is 7.06. The molecule has 0 atom stereocenters. The molecule has 0 radical (unpaired) electrons. The molecule has 140 valence electrons. The molecule has 0 spiro atoms. The summed E-state index contributed by atoms with van der Waals surface area (Å²) in [7, 11) is 0. The summed E-state index contributed by atoms with van der Waals surface area (Å²) in [5.41, 5.74) is 2.44. The van der Waals surface area contributed by atoms with Crippen molar-refractivity contribution >= 4 is 17.3 Å². The van der Waals surface area contributed by atoms with Crippen molar-refractivity contribution in [2.45, 2.75) is 64.2 Å². The lowest BCUT2D eigenvalue weighted by Crippen LogP contribution is -2.48. The van der Waals surface area contributed by atoms with E-state index >= 15 is 0 Å². The Morgan fingerprint density at radius 3 is 1.42 bits per heavy atom. The topological polar surface area (TPSA) is 43.1 Å². The minimum absolute atomic E-state index is 0.0583. The van der Waals surface area contributed by atoms with E-state index in [0.29, 0.717) is 0 Å². The SMILES string of the molecule is CCC(CC)(c1ccc(Cl)cc1)C(CC)(CC)c1ccc([N+](=O)[O-])cc1. The number of rotatable bonds is 8. The van der Waals surface area contributed by atoms with Crippen LogP contribution in [0.2, 0.25) is 5.02 Å². The maximum atomic E-state index is 11.1. The van der Waals surface area contributed by atoms with Crippen LogP contribution in [-0.4, -0.2) is 4.92 Å². The van der Waals surface area contributed by atoms with Gasteiger partial charge in [0.15, 0.2) is 0 Å². The molecule has 26 heavy (non-hydrogen) atoms. The molecule has 0 unspecified atom stereocenters. The Balaban J connectivity index is 2.69. The largest absolute Gasteiger partial charge is 0.269 e. The first-order valence-electron chi connectivity index (χ1n) is 9.41. The summed E-state index contributed by atoms with van der Waals surface area (Å²) < 4.78 is 0. The normalized spacial score (nSPS) is 12.2. The molecule has 0 N–H and O–H groups in total. The summed E-state index contributed by atoms with van der Waals surface area (Å²) in [6.45, 7) is 8.93. The molecule has 0 amide bonds. The van der Waals surface area contributed by atoms with Crippen LogP contribution in [0, 0.1) is 10.1 Å². The molecule has 0 aliphatic carbocycles. The number of halogens is 1. The molecule has 0 aliphatic heterocycles. The smallest absolute Gasteiger partial charge is 0.258 e. The van der Waals surface area contributed by atoms with E-state index in [9.17, 15) is 10.1 Å². The molecular weight excluding hydrogens is 346 g/mol. The van der Waals surface area contributed by atoms with Gasteiger partial charge in [0.1, 0.15) is 0 Å². The molecule has 4 heteroatoms. The number of hydrogen-bond donors (Lipinski definition) is 0. The Morgan fingerprint density at radius 1 is 0.769 bits per heavy atom. The van der Waals surface area contributed by atoms with Crippen molar-refractivity contribution in [3.8, 4) is 0 Å². The molecule has 2 rings (SSSR count). The van der Waals surface area contributed by atoms with Gasteiger partial charge in [0.05, 0.1) is 4.92 Å². The zero-order chi connectivity index (χ0) is 19.4. The van der Waals surface area contributed by atoms with Gasteiger partial charge in [-0.2, -0.15) is 0 Å². The van der Waals surface area contributed by atoms with Gasteiger partial charge in [-0.15, -0.1) is 0 Å². The average Bonchev–Trinajstić information content (AvgIpc) is 2.67. The first kappa shape index (κ1) is 20.4. The highest BCUT2D eigenvalue weighted by Crippen LogP contribution is 2.53. The van der Waals surface area contributed by atoms with Crippen LogP contribution in [0.15, 0.2) is 48.5 Å². The summed E-state index contributed by atoms with van der Waals surface area (Å²) in [5.74, 6) is 0. The third-order valence-electron chi connectivity index (χ3n) is 6.36. The summed E-state index contributed by atoms with van der Waals surface area (Å²) in [5, 5.41) is 11.8. The van der Waals surface area contributed by atoms with E-state index < -0.39 is 0 Å². The second kappa shape index (κ2) is 8.22. The lowest BCUT2D eigenvalue weighted by atomic mass is 9.52. The van der Waals surface area contributed by atoms with Gasteiger partial charge in [0.25, 0.3) is 5.69 Å². The van der Waals surface area contributed by atoms with Gasteiger partial charge in [0.2, 0.25) is 0 Å². The molecule has 0 saturated heterocycles. The van der Waals surface area contributed by atoms with E-state index in [0.717, 1.165) is 30.7 Å². The molecule has 2 aromatic rings. The van der Waals surface area contributed by atoms with Crippen LogP contribution in [0.3, 0.4) is 0 Å². The van der Waals surface area contributed by atoms with Crippen LogP contribution in [-0.2, 0) is 10.8 Å². The second-order valence-corrected chi connectivity index (χ2v) is 7.33. The van der Waals surface area contributed by atoms with Crippen molar-refractivity contribution < 1.29 is 4.92 Å². The highest BCUT2D eigenvalue weighted by molar-refractivity contribution is 6.30. The van der Waals surface area contributed by atoms with E-state index in [2.05, 4.69) is 39.8 Å². The molecule has 2 aromatic carbocycles. The van der Waals surface area contributed by atoms with Crippen molar-refractivity contribution in [1.29, 1.82) is 0 Å². The maximum Gasteiger partial charge on any atom is 0.269 e. The Hall–Kier alpha value is -1.87. The number of non-ortho nitro benzene ring substituents is 1. The zero-order valence-corrected chi connectivity index (χ0v) is 16.8. The second-order valence-electron chi connectivity index (χ2n) is 6.89. The predicted molar refractivity (Wildman–Crippen MR) is 109 cm³/mol. The fourth-order valence-corrected chi connectivity index (χ4v) is 5.02. The Morgan fingerprint density at radius 2 is 1.12 bits per heavy atom. The van der Waals surface area contributed by atoms with Gasteiger partial charge in [0, 0.05) is 28.0 Å². The number of nitrogens with zero attached hydrogens (tertiary/aromatic N) is 1. The van der Waals surface area contributed by atoms with Crippen molar-refractivity contribution in [2.75, 3.05) is 0 Å². The van der Waals surface area contributed by atoms with Crippen LogP contribution < -0.4 is 0 Å². The fraction of sp³-hybridized carbons (Fsp3) is 0.455. The Kier molecular flexibility index (Phi) is 6.46. The average molecular weight is 374 g/mol. The standard InChI is InChI=1S/C22H28ClNO2/c1-5-21(6-2,17-9-13-19(23)14-10-17)22(7-3,8-4)18-11-15-20(16-12-18)24(25)26/h9-16H,5-8H2,1-4H3. The molecule has 0 heterocycles. The number of nitro benzene ring substituents is 1. The van der Waals surface area contributed by atoms with E-state index in [1.54, 1.807) is 12.1 Å². The molecule has 0 fully saturated rings. The van der Waals surface area contributed by atoms with Crippen LogP contribution in [0.5, 0.6) is 0 Å². The third-order valence-corrected chi connectivity index (χ3v) is 6.61. The molecular formula is C22H28ClNO2. The number of benzene rings is 2. The molecule has 3 nitrogen and oxygen atoms in total. The summed E-state index contributed by atoms with van der Waals surface area (Å²) in [4.78, 5) is 10.7. The van der Waals surface area contributed by atoms with Crippen molar-refractivity contribution in [3.05, 3.63) is 74.8 Å². The zero-order valence-electron chi connectivity index (χ0n) is 16.1. The van der Waals surface area contributed by atoms with E-state index in [4.69, 9.17) is 11.6 Å². The van der Waals surface area contributed by atoms with E-state index in [1.807, 2.05) is 24.3 Å². The maximum absolute atomic E-state index is 11.1. The first-order valence-corrected chi connectivity index (χ1v) is 9.79. The van der Waals surface area contributed by atoms with Crippen LogP contribution in [0.4, 0.5) is 5.69 Å². The minimum Gasteiger partial charge on any atom is -0.258 e. The number of hydrogen-bond acceptors (Lipinski definition) is 2. The molecule has 0 aromatic heterocycles. The minimum atomic E-state index is -0.338. The highest BCUT2D eigenvalue weighted by Gasteiger charge is 2.48. The van der Waals surface area contributed by atoms with E-state index in [-0.39, 0.29) is 21.4 Å². The van der Waals surface area contributed by atoms with Crippen molar-refractivity contribution in [1.82, 2.24) is 0 Å². The van der Waals surface area contributed by atoms with Crippen LogP contribution >= 0.6 is 11.6 Å². The van der Waals surface area contributed by atoms with Gasteiger partial charge >= 0.3 is 0 Å². The third kappa shape index (κ3) is 3.25. The molecule has 0 aliphatic rings. The quantitative estimate of drug-likeness (QED) is 0.367. The Labute approximate surface area is 161 Å².